The Bertz CT molecular complexity index is 618. The number of hydrogen-bond acceptors (Lipinski definition) is 3. The number of ether oxygens (including phenoxy) is 2. The van der Waals surface area contributed by atoms with Crippen molar-refractivity contribution in [3.63, 3.8) is 0 Å². The van der Waals surface area contributed by atoms with Crippen molar-refractivity contribution in [2.24, 2.45) is 0 Å². The summed E-state index contributed by atoms with van der Waals surface area (Å²) in [6.07, 6.45) is -0.504. The minimum atomic E-state index is -0.504. The molecular formula is C18H22O3. The van der Waals surface area contributed by atoms with Gasteiger partial charge in [0.15, 0.2) is 0 Å². The standard InChI is InChI=1S/C18H22O3/c1-12-5-6-13(2)18(9-12)21-11-16-10-15(14(3)19)7-8-17(16)20-4/h5-10,14,19H,11H2,1-4H3. The van der Waals surface area contributed by atoms with Gasteiger partial charge in [0.2, 0.25) is 0 Å². The van der Waals surface area contributed by atoms with Crippen LogP contribution >= 0.6 is 0 Å². The topological polar surface area (TPSA) is 38.7 Å². The third-order valence-electron chi connectivity index (χ3n) is 3.51. The Kier molecular flexibility index (Phi) is 4.86. The Morgan fingerprint density at radius 2 is 1.81 bits per heavy atom. The van der Waals surface area contributed by atoms with Crippen LogP contribution < -0.4 is 9.47 Å². The largest absolute Gasteiger partial charge is 0.496 e. The molecule has 21 heavy (non-hydrogen) atoms. The molecule has 0 saturated heterocycles. The fraction of sp³-hybridized carbons (Fsp3) is 0.333. The SMILES string of the molecule is COc1ccc(C(C)O)cc1COc1cc(C)ccc1C. The summed E-state index contributed by atoms with van der Waals surface area (Å²) in [6, 6.07) is 11.8. The average molecular weight is 286 g/mol. The summed E-state index contributed by atoms with van der Waals surface area (Å²) < 4.78 is 11.3. The van der Waals surface area contributed by atoms with Crippen LogP contribution in [0.4, 0.5) is 0 Å². The Balaban J connectivity index is 2.22. The summed E-state index contributed by atoms with van der Waals surface area (Å²) >= 11 is 0. The lowest BCUT2D eigenvalue weighted by molar-refractivity contribution is 0.198. The van der Waals surface area contributed by atoms with Gasteiger partial charge in [-0.25, -0.2) is 0 Å². The lowest BCUT2D eigenvalue weighted by Crippen LogP contribution is -2.02. The highest BCUT2D eigenvalue weighted by Gasteiger charge is 2.09. The molecule has 0 radical (unpaired) electrons. The molecule has 0 spiro atoms. The lowest BCUT2D eigenvalue weighted by Gasteiger charge is -2.14. The van der Waals surface area contributed by atoms with Crippen LogP contribution in [0.3, 0.4) is 0 Å². The Morgan fingerprint density at radius 1 is 1.05 bits per heavy atom. The molecule has 3 nitrogen and oxygen atoms in total. The van der Waals surface area contributed by atoms with Gasteiger partial charge in [0.25, 0.3) is 0 Å². The number of aryl methyl sites for hydroxylation is 2. The second-order valence-electron chi connectivity index (χ2n) is 5.30. The van der Waals surface area contributed by atoms with E-state index in [0.29, 0.717) is 6.61 Å². The molecule has 0 heterocycles. The summed E-state index contributed by atoms with van der Waals surface area (Å²) in [6.45, 7) is 6.23. The fourth-order valence-corrected chi connectivity index (χ4v) is 2.19. The van der Waals surface area contributed by atoms with Gasteiger partial charge in [0.1, 0.15) is 18.1 Å². The second-order valence-corrected chi connectivity index (χ2v) is 5.30. The molecule has 3 heteroatoms. The van der Waals surface area contributed by atoms with Gasteiger partial charge in [-0.05, 0) is 55.7 Å². The summed E-state index contributed by atoms with van der Waals surface area (Å²) in [5.74, 6) is 1.64. The van der Waals surface area contributed by atoms with Crippen molar-refractivity contribution in [3.8, 4) is 11.5 Å². The first-order valence-corrected chi connectivity index (χ1v) is 7.06. The van der Waals surface area contributed by atoms with Gasteiger partial charge < -0.3 is 14.6 Å². The summed E-state index contributed by atoms with van der Waals surface area (Å²) in [5, 5.41) is 9.70. The Labute approximate surface area is 126 Å². The molecular weight excluding hydrogens is 264 g/mol. The minimum Gasteiger partial charge on any atom is -0.496 e. The van der Waals surface area contributed by atoms with E-state index in [1.807, 2.05) is 44.2 Å². The smallest absolute Gasteiger partial charge is 0.125 e. The number of aliphatic hydroxyl groups is 1. The third-order valence-corrected chi connectivity index (χ3v) is 3.51. The van der Waals surface area contributed by atoms with Crippen LogP contribution in [-0.4, -0.2) is 12.2 Å². The van der Waals surface area contributed by atoms with E-state index in [1.165, 1.54) is 5.56 Å². The lowest BCUT2D eigenvalue weighted by atomic mass is 10.1. The highest BCUT2D eigenvalue weighted by molar-refractivity contribution is 5.39. The highest BCUT2D eigenvalue weighted by Crippen LogP contribution is 2.26. The zero-order chi connectivity index (χ0) is 15.4. The van der Waals surface area contributed by atoms with Gasteiger partial charge >= 0.3 is 0 Å². The molecule has 2 aromatic rings. The molecule has 0 fully saturated rings. The predicted octanol–water partition coefficient (Wildman–Crippen LogP) is 3.94. The predicted molar refractivity (Wildman–Crippen MR) is 83.9 cm³/mol. The van der Waals surface area contributed by atoms with Gasteiger partial charge in [-0.2, -0.15) is 0 Å². The molecule has 0 aliphatic heterocycles. The van der Waals surface area contributed by atoms with Crippen molar-refractivity contribution in [1.29, 1.82) is 0 Å². The summed E-state index contributed by atoms with van der Waals surface area (Å²) in [4.78, 5) is 0. The quantitative estimate of drug-likeness (QED) is 0.904. The van der Waals surface area contributed by atoms with Crippen molar-refractivity contribution in [2.45, 2.75) is 33.5 Å². The van der Waals surface area contributed by atoms with E-state index in [0.717, 1.165) is 28.2 Å². The van der Waals surface area contributed by atoms with Crippen molar-refractivity contribution < 1.29 is 14.6 Å². The molecule has 112 valence electrons. The van der Waals surface area contributed by atoms with Gasteiger partial charge in [0, 0.05) is 5.56 Å². The molecule has 2 aromatic carbocycles. The fourth-order valence-electron chi connectivity index (χ4n) is 2.19. The number of methoxy groups -OCH3 is 1. The maximum absolute atomic E-state index is 9.70. The number of hydrogen-bond donors (Lipinski definition) is 1. The van der Waals surface area contributed by atoms with Crippen molar-refractivity contribution in [1.82, 2.24) is 0 Å². The van der Waals surface area contributed by atoms with Crippen LogP contribution in [0.1, 0.15) is 35.3 Å². The first kappa shape index (κ1) is 15.4. The zero-order valence-electron chi connectivity index (χ0n) is 13.0. The maximum Gasteiger partial charge on any atom is 0.125 e. The van der Waals surface area contributed by atoms with Crippen LogP contribution in [0.25, 0.3) is 0 Å². The Morgan fingerprint density at radius 3 is 2.48 bits per heavy atom. The molecule has 0 saturated carbocycles. The van der Waals surface area contributed by atoms with E-state index >= 15 is 0 Å². The van der Waals surface area contributed by atoms with E-state index in [4.69, 9.17) is 9.47 Å². The van der Waals surface area contributed by atoms with E-state index in [1.54, 1.807) is 14.0 Å². The van der Waals surface area contributed by atoms with Gasteiger partial charge in [-0.15, -0.1) is 0 Å². The van der Waals surface area contributed by atoms with Crippen LogP contribution in [0, 0.1) is 13.8 Å². The second kappa shape index (κ2) is 6.64. The Hall–Kier alpha value is -2.00. The third kappa shape index (κ3) is 3.76. The van der Waals surface area contributed by atoms with Gasteiger partial charge in [-0.1, -0.05) is 18.2 Å². The monoisotopic (exact) mass is 286 g/mol. The molecule has 1 N–H and O–H groups in total. The molecule has 2 rings (SSSR count). The van der Waals surface area contributed by atoms with Crippen molar-refractivity contribution in [3.05, 3.63) is 58.7 Å². The van der Waals surface area contributed by atoms with E-state index in [9.17, 15) is 5.11 Å². The molecule has 0 aliphatic rings. The van der Waals surface area contributed by atoms with E-state index in [2.05, 4.69) is 6.07 Å². The number of benzene rings is 2. The van der Waals surface area contributed by atoms with Crippen LogP contribution in [0.15, 0.2) is 36.4 Å². The summed E-state index contributed by atoms with van der Waals surface area (Å²) in [5.41, 5.74) is 4.05. The zero-order valence-corrected chi connectivity index (χ0v) is 13.0. The maximum atomic E-state index is 9.70. The molecule has 1 atom stereocenters. The average Bonchev–Trinajstić information content (AvgIpc) is 2.47. The molecule has 0 bridgehead atoms. The molecule has 0 amide bonds. The van der Waals surface area contributed by atoms with Gasteiger partial charge in [0.05, 0.1) is 13.2 Å². The van der Waals surface area contributed by atoms with Gasteiger partial charge in [-0.3, -0.25) is 0 Å². The number of aliphatic hydroxyl groups excluding tert-OH is 1. The molecule has 1 unspecified atom stereocenters. The summed E-state index contributed by atoms with van der Waals surface area (Å²) in [7, 11) is 1.64. The first-order chi connectivity index (χ1) is 10.0. The van der Waals surface area contributed by atoms with Crippen molar-refractivity contribution >= 4 is 0 Å². The normalized spacial score (nSPS) is 12.0. The van der Waals surface area contributed by atoms with Crippen LogP contribution in [0.2, 0.25) is 0 Å². The molecule has 0 aliphatic carbocycles. The highest BCUT2D eigenvalue weighted by atomic mass is 16.5. The van der Waals surface area contributed by atoms with Crippen LogP contribution in [0.5, 0.6) is 11.5 Å². The van der Waals surface area contributed by atoms with Crippen LogP contribution in [-0.2, 0) is 6.61 Å². The van der Waals surface area contributed by atoms with E-state index < -0.39 is 6.10 Å². The minimum absolute atomic E-state index is 0.411. The first-order valence-electron chi connectivity index (χ1n) is 7.06. The van der Waals surface area contributed by atoms with E-state index in [-0.39, 0.29) is 0 Å². The molecule has 0 aromatic heterocycles. The van der Waals surface area contributed by atoms with Crippen molar-refractivity contribution in [2.75, 3.05) is 7.11 Å². The number of rotatable bonds is 5.